The summed E-state index contributed by atoms with van der Waals surface area (Å²) in [5.74, 6) is -1.25. The third-order valence-electron chi connectivity index (χ3n) is 8.07. The van der Waals surface area contributed by atoms with Crippen molar-refractivity contribution in [3.05, 3.63) is 95.9 Å². The van der Waals surface area contributed by atoms with Crippen LogP contribution in [0.5, 0.6) is 0 Å². The Morgan fingerprint density at radius 1 is 0.942 bits per heavy atom. The van der Waals surface area contributed by atoms with Crippen LogP contribution in [0.4, 0.5) is 0 Å². The van der Waals surface area contributed by atoms with Crippen molar-refractivity contribution in [1.29, 1.82) is 0 Å². The summed E-state index contributed by atoms with van der Waals surface area (Å²) in [6, 6.07) is 0. The molecule has 0 radical (unpaired) electrons. The van der Waals surface area contributed by atoms with Crippen LogP contribution in [0.1, 0.15) is 46.3 Å². The van der Waals surface area contributed by atoms with Gasteiger partial charge in [0.2, 0.25) is 0 Å². The van der Waals surface area contributed by atoms with Crippen molar-refractivity contribution < 1.29 is 53.7 Å². The van der Waals surface area contributed by atoms with Gasteiger partial charge in [0, 0.05) is 12.2 Å². The van der Waals surface area contributed by atoms with Gasteiger partial charge in [0.1, 0.15) is 36.6 Å². The van der Waals surface area contributed by atoms with E-state index < -0.39 is 85.5 Å². The summed E-state index contributed by atoms with van der Waals surface area (Å²) in [6.07, 6.45) is 12.6. The highest BCUT2D eigenvalue weighted by Crippen LogP contribution is 2.36. The van der Waals surface area contributed by atoms with Crippen molar-refractivity contribution in [2.45, 2.75) is 101 Å². The molecule has 16 heteroatoms. The molecule has 2 saturated heterocycles. The average Bonchev–Trinajstić information content (AvgIpc) is 3.69. The molecule has 2 aromatic heterocycles. The number of aliphatic hydroxyl groups is 4. The SMILES string of the molecule is CCC=CCC=CC=CC(=O)OC(C)C=CCC=CC=CC(=O)OC1C(C)OC(OC2C(O)C(CO)OC2n2cnc3c(=O)[nH]cnc32)C(O)C1O. The van der Waals surface area contributed by atoms with Crippen LogP contribution in [0.25, 0.3) is 11.2 Å². The lowest BCUT2D eigenvalue weighted by Crippen LogP contribution is -2.59. The summed E-state index contributed by atoms with van der Waals surface area (Å²) in [7, 11) is 0. The van der Waals surface area contributed by atoms with Crippen molar-refractivity contribution in [2.75, 3.05) is 6.61 Å². The molecule has 52 heavy (non-hydrogen) atoms. The van der Waals surface area contributed by atoms with E-state index in [0.29, 0.717) is 6.42 Å². The molecule has 0 spiro atoms. The lowest BCUT2D eigenvalue weighted by Gasteiger charge is -2.41. The fraction of sp³-hybridized carbons (Fsp3) is 0.472. The molecule has 0 bridgehead atoms. The summed E-state index contributed by atoms with van der Waals surface area (Å²) in [4.78, 5) is 47.1. The van der Waals surface area contributed by atoms with Crippen LogP contribution in [0.3, 0.4) is 0 Å². The highest BCUT2D eigenvalue weighted by Gasteiger charge is 2.51. The molecular formula is C36H46N4O12. The first-order valence-electron chi connectivity index (χ1n) is 17.0. The number of H-pyrrole nitrogens is 1. The number of aliphatic hydroxyl groups excluding tert-OH is 4. The van der Waals surface area contributed by atoms with Crippen LogP contribution in [-0.2, 0) is 33.3 Å². The third-order valence-corrected chi connectivity index (χ3v) is 8.07. The van der Waals surface area contributed by atoms with Gasteiger partial charge in [-0.05, 0) is 39.2 Å². The van der Waals surface area contributed by atoms with E-state index in [-0.39, 0.29) is 11.2 Å². The standard InChI is InChI=1S/C36H46N4O12/c1-4-5-6-7-8-11-14-17-25(42)48-22(2)16-13-10-9-12-15-18-26(43)51-31-23(3)49-36(30(46)29(31)45)52-32-28(44)24(19-41)50-35(32)40-21-39-27-33(40)37-20-38-34(27)47/h5-6,8-9,11-18,20-24,28-32,35-36,41,44-46H,4,7,10,19H2,1-3H3,(H,37,38,47). The maximum absolute atomic E-state index is 12.5. The van der Waals surface area contributed by atoms with Gasteiger partial charge in [-0.3, -0.25) is 9.36 Å². The molecule has 4 heterocycles. The smallest absolute Gasteiger partial charge is 0.331 e. The van der Waals surface area contributed by atoms with Crippen molar-refractivity contribution in [2.24, 2.45) is 0 Å². The molecule has 0 saturated carbocycles. The van der Waals surface area contributed by atoms with E-state index in [1.54, 1.807) is 43.4 Å². The fourth-order valence-electron chi connectivity index (χ4n) is 5.43. The molecule has 16 nitrogen and oxygen atoms in total. The molecule has 2 aliphatic heterocycles. The molecule has 10 atom stereocenters. The molecule has 2 aromatic rings. The van der Waals surface area contributed by atoms with E-state index in [4.69, 9.17) is 23.7 Å². The summed E-state index contributed by atoms with van der Waals surface area (Å²) >= 11 is 0. The number of carbonyl (C=O) groups is 2. The van der Waals surface area contributed by atoms with Gasteiger partial charge in [0.15, 0.2) is 29.8 Å². The molecule has 10 unspecified atom stereocenters. The first kappa shape index (κ1) is 40.2. The zero-order valence-electron chi connectivity index (χ0n) is 29.1. The first-order chi connectivity index (χ1) is 25.0. The lowest BCUT2D eigenvalue weighted by atomic mass is 9.99. The number of imidazole rings is 1. The Morgan fingerprint density at radius 3 is 2.37 bits per heavy atom. The zero-order chi connectivity index (χ0) is 37.6. The number of aromatic nitrogens is 4. The van der Waals surface area contributed by atoms with E-state index in [1.165, 1.54) is 36.3 Å². The van der Waals surface area contributed by atoms with E-state index in [1.807, 2.05) is 12.2 Å². The number of aromatic amines is 1. The summed E-state index contributed by atoms with van der Waals surface area (Å²) < 4.78 is 29.5. The number of rotatable bonds is 16. The maximum atomic E-state index is 12.5. The van der Waals surface area contributed by atoms with Crippen molar-refractivity contribution >= 4 is 23.1 Å². The molecule has 0 aliphatic carbocycles. The second-order valence-corrected chi connectivity index (χ2v) is 12.0. The largest absolute Gasteiger partial charge is 0.455 e. The topological polar surface area (TPSA) is 225 Å². The number of ether oxygens (including phenoxy) is 5. The fourth-order valence-corrected chi connectivity index (χ4v) is 5.43. The molecule has 0 amide bonds. The van der Waals surface area contributed by atoms with E-state index in [0.717, 1.165) is 18.9 Å². The number of esters is 2. The Hall–Kier alpha value is -4.55. The number of hydrogen-bond donors (Lipinski definition) is 5. The molecule has 4 rings (SSSR count). The van der Waals surface area contributed by atoms with Crippen LogP contribution in [0, 0.1) is 0 Å². The molecule has 5 N–H and O–H groups in total. The minimum absolute atomic E-state index is 0.00385. The number of carbonyl (C=O) groups excluding carboxylic acids is 2. The number of nitrogens with one attached hydrogen (secondary N) is 1. The average molecular weight is 727 g/mol. The number of hydrogen-bond acceptors (Lipinski definition) is 14. The van der Waals surface area contributed by atoms with Gasteiger partial charge in [-0.15, -0.1) is 0 Å². The second kappa shape index (κ2) is 19.9. The Balaban J connectivity index is 1.24. The number of allylic oxidation sites excluding steroid dienone is 9. The molecule has 2 aliphatic rings. The van der Waals surface area contributed by atoms with Crippen LogP contribution < -0.4 is 5.56 Å². The van der Waals surface area contributed by atoms with Gasteiger partial charge in [0.05, 0.1) is 25.4 Å². The Bertz CT molecular complexity index is 1710. The van der Waals surface area contributed by atoms with Crippen LogP contribution in [0.2, 0.25) is 0 Å². The Kier molecular flexibility index (Phi) is 15.4. The van der Waals surface area contributed by atoms with Gasteiger partial charge >= 0.3 is 11.9 Å². The minimum atomic E-state index is -1.72. The van der Waals surface area contributed by atoms with E-state index in [9.17, 15) is 34.8 Å². The second-order valence-electron chi connectivity index (χ2n) is 12.0. The van der Waals surface area contributed by atoms with Crippen molar-refractivity contribution in [3.63, 3.8) is 0 Å². The molecule has 282 valence electrons. The Morgan fingerprint density at radius 2 is 1.65 bits per heavy atom. The molecular weight excluding hydrogens is 680 g/mol. The highest BCUT2D eigenvalue weighted by atomic mass is 16.7. The van der Waals surface area contributed by atoms with Crippen LogP contribution in [0.15, 0.2) is 90.4 Å². The van der Waals surface area contributed by atoms with Gasteiger partial charge in [-0.25, -0.2) is 19.6 Å². The van der Waals surface area contributed by atoms with Crippen molar-refractivity contribution in [3.8, 4) is 0 Å². The lowest BCUT2D eigenvalue weighted by molar-refractivity contribution is -0.314. The summed E-state index contributed by atoms with van der Waals surface area (Å²) in [5.41, 5.74) is -0.381. The number of fused-ring (bicyclic) bond motifs is 1. The minimum Gasteiger partial charge on any atom is -0.455 e. The number of nitrogens with zero attached hydrogens (tertiary/aromatic N) is 3. The van der Waals surface area contributed by atoms with Crippen LogP contribution >= 0.6 is 0 Å². The zero-order valence-corrected chi connectivity index (χ0v) is 29.1. The first-order valence-corrected chi connectivity index (χ1v) is 17.0. The third kappa shape index (κ3) is 10.7. The monoisotopic (exact) mass is 726 g/mol. The quantitative estimate of drug-likeness (QED) is 0.0717. The van der Waals surface area contributed by atoms with Crippen LogP contribution in [-0.4, -0.2) is 114 Å². The van der Waals surface area contributed by atoms with Gasteiger partial charge in [-0.2, -0.15) is 0 Å². The summed E-state index contributed by atoms with van der Waals surface area (Å²) in [6.45, 7) is 4.73. The normalized spacial score (nSPS) is 29.2. The van der Waals surface area contributed by atoms with Gasteiger partial charge < -0.3 is 49.1 Å². The molecule has 2 fully saturated rings. The predicted octanol–water partition coefficient (Wildman–Crippen LogP) is 1.59. The molecule has 0 aromatic carbocycles. The maximum Gasteiger partial charge on any atom is 0.331 e. The van der Waals surface area contributed by atoms with Gasteiger partial charge in [-0.1, -0.05) is 61.6 Å². The van der Waals surface area contributed by atoms with Gasteiger partial charge in [0.25, 0.3) is 5.56 Å². The van der Waals surface area contributed by atoms with E-state index in [2.05, 4.69) is 28.0 Å². The predicted molar refractivity (Wildman–Crippen MR) is 186 cm³/mol. The summed E-state index contributed by atoms with van der Waals surface area (Å²) in [5, 5.41) is 42.4. The highest BCUT2D eigenvalue weighted by molar-refractivity contribution is 5.83. The van der Waals surface area contributed by atoms with E-state index >= 15 is 0 Å². The van der Waals surface area contributed by atoms with Crippen molar-refractivity contribution in [1.82, 2.24) is 19.5 Å². The Labute approximate surface area is 300 Å².